The molecule has 106 valence electrons. The van der Waals surface area contributed by atoms with Gasteiger partial charge in [-0.05, 0) is 55.3 Å². The van der Waals surface area contributed by atoms with Crippen molar-refractivity contribution in [2.45, 2.75) is 26.0 Å². The monoisotopic (exact) mass is 397 g/mol. The van der Waals surface area contributed by atoms with Crippen molar-refractivity contribution in [3.05, 3.63) is 62.5 Å². The van der Waals surface area contributed by atoms with Gasteiger partial charge in [0.25, 0.3) is 0 Å². The van der Waals surface area contributed by atoms with Gasteiger partial charge in [-0.3, -0.25) is 0 Å². The number of benzene rings is 2. The number of nitrogens with two attached hydrogens (primary N) is 1. The minimum absolute atomic E-state index is 0.156. The largest absolute Gasteiger partial charge is 0.491 e. The maximum atomic E-state index is 6.32. The Morgan fingerprint density at radius 3 is 1.95 bits per heavy atom. The number of ether oxygens (including phenoxy) is 1. The van der Waals surface area contributed by atoms with Gasteiger partial charge in [0.1, 0.15) is 5.75 Å². The minimum atomic E-state index is -0.156. The molecular formula is C16H17Br2NO. The lowest BCUT2D eigenvalue weighted by molar-refractivity contribution is 0.242. The average Bonchev–Trinajstić information content (AvgIpc) is 2.37. The molecular weight excluding hydrogens is 382 g/mol. The molecule has 0 aliphatic heterocycles. The normalized spacial score (nSPS) is 12.5. The molecule has 2 nitrogen and oxygen atoms in total. The van der Waals surface area contributed by atoms with Crippen molar-refractivity contribution in [3.8, 4) is 5.75 Å². The smallest absolute Gasteiger partial charge is 0.119 e. The molecule has 0 saturated heterocycles. The number of halogens is 2. The molecule has 0 saturated carbocycles. The second-order valence-corrected chi connectivity index (χ2v) is 6.75. The second-order valence-electron chi connectivity index (χ2n) is 4.92. The summed E-state index contributed by atoms with van der Waals surface area (Å²) in [5.74, 6) is 0.867. The molecule has 0 radical (unpaired) electrons. The van der Waals surface area contributed by atoms with E-state index in [1.807, 2.05) is 56.3 Å². The van der Waals surface area contributed by atoms with Crippen molar-refractivity contribution in [1.29, 1.82) is 0 Å². The first-order chi connectivity index (χ1) is 9.45. The summed E-state index contributed by atoms with van der Waals surface area (Å²) in [6, 6.07) is 13.9. The Morgan fingerprint density at radius 1 is 0.900 bits per heavy atom. The topological polar surface area (TPSA) is 35.2 Å². The predicted molar refractivity (Wildman–Crippen MR) is 90.1 cm³/mol. The van der Waals surface area contributed by atoms with Crippen LogP contribution in [0.5, 0.6) is 5.75 Å². The van der Waals surface area contributed by atoms with Crippen LogP contribution in [0.2, 0.25) is 0 Å². The van der Waals surface area contributed by atoms with E-state index < -0.39 is 0 Å². The zero-order chi connectivity index (χ0) is 14.7. The van der Waals surface area contributed by atoms with Crippen LogP contribution in [0.15, 0.2) is 51.4 Å². The van der Waals surface area contributed by atoms with Crippen molar-refractivity contribution in [3.63, 3.8) is 0 Å². The van der Waals surface area contributed by atoms with Crippen LogP contribution in [0, 0.1) is 0 Å². The first-order valence-electron chi connectivity index (χ1n) is 6.44. The molecule has 2 N–H and O–H groups in total. The van der Waals surface area contributed by atoms with Gasteiger partial charge in [-0.25, -0.2) is 0 Å². The number of hydrogen-bond donors (Lipinski definition) is 1. The Kier molecular flexibility index (Phi) is 5.24. The van der Waals surface area contributed by atoms with E-state index in [4.69, 9.17) is 10.5 Å². The van der Waals surface area contributed by atoms with Gasteiger partial charge in [0, 0.05) is 8.95 Å². The lowest BCUT2D eigenvalue weighted by Gasteiger charge is -2.15. The van der Waals surface area contributed by atoms with Gasteiger partial charge >= 0.3 is 0 Å². The highest BCUT2D eigenvalue weighted by molar-refractivity contribution is 9.11. The summed E-state index contributed by atoms with van der Waals surface area (Å²) >= 11 is 6.97. The summed E-state index contributed by atoms with van der Waals surface area (Å²) in [5, 5.41) is 0. The quantitative estimate of drug-likeness (QED) is 0.782. The van der Waals surface area contributed by atoms with Crippen LogP contribution in [0.25, 0.3) is 0 Å². The fourth-order valence-corrected chi connectivity index (χ4v) is 3.30. The van der Waals surface area contributed by atoms with Gasteiger partial charge < -0.3 is 10.5 Å². The highest BCUT2D eigenvalue weighted by atomic mass is 79.9. The summed E-state index contributed by atoms with van der Waals surface area (Å²) in [7, 11) is 0. The summed E-state index contributed by atoms with van der Waals surface area (Å²) < 4.78 is 7.66. The van der Waals surface area contributed by atoms with Crippen molar-refractivity contribution in [2.75, 3.05) is 0 Å². The first-order valence-corrected chi connectivity index (χ1v) is 8.02. The Labute approximate surface area is 136 Å². The van der Waals surface area contributed by atoms with Gasteiger partial charge in [0.05, 0.1) is 12.1 Å². The molecule has 4 heteroatoms. The van der Waals surface area contributed by atoms with Crippen molar-refractivity contribution in [2.24, 2.45) is 5.73 Å². The van der Waals surface area contributed by atoms with Crippen LogP contribution >= 0.6 is 31.9 Å². The van der Waals surface area contributed by atoms with Gasteiger partial charge in [0.15, 0.2) is 0 Å². The maximum Gasteiger partial charge on any atom is 0.119 e. The van der Waals surface area contributed by atoms with Gasteiger partial charge in [-0.1, -0.05) is 44.0 Å². The third kappa shape index (κ3) is 4.08. The summed E-state index contributed by atoms with van der Waals surface area (Å²) in [5.41, 5.74) is 8.44. The number of hydrogen-bond acceptors (Lipinski definition) is 2. The molecule has 0 aliphatic carbocycles. The van der Waals surface area contributed by atoms with Crippen LogP contribution in [0.4, 0.5) is 0 Å². The van der Waals surface area contributed by atoms with Crippen molar-refractivity contribution < 1.29 is 4.74 Å². The molecule has 0 spiro atoms. The van der Waals surface area contributed by atoms with Gasteiger partial charge in [0.2, 0.25) is 0 Å². The van der Waals surface area contributed by atoms with Crippen LogP contribution in [-0.2, 0) is 0 Å². The fraction of sp³-hybridized carbons (Fsp3) is 0.250. The van der Waals surface area contributed by atoms with Crippen LogP contribution in [-0.4, -0.2) is 6.10 Å². The SMILES string of the molecule is CC(C)Oc1ccc(C(N)c2cc(Br)cc(Br)c2)cc1. The van der Waals surface area contributed by atoms with Crippen LogP contribution < -0.4 is 10.5 Å². The third-order valence-corrected chi connectivity index (χ3v) is 3.77. The molecule has 0 amide bonds. The molecule has 2 aromatic rings. The Hall–Kier alpha value is -0.840. The van der Waals surface area contributed by atoms with E-state index in [-0.39, 0.29) is 12.1 Å². The molecule has 2 aromatic carbocycles. The second kappa shape index (κ2) is 6.74. The van der Waals surface area contributed by atoms with E-state index >= 15 is 0 Å². The van der Waals surface area contributed by atoms with Crippen LogP contribution in [0.3, 0.4) is 0 Å². The van der Waals surface area contributed by atoms with E-state index in [0.717, 1.165) is 25.8 Å². The fourth-order valence-electron chi connectivity index (χ4n) is 1.97. The summed E-state index contributed by atoms with van der Waals surface area (Å²) in [4.78, 5) is 0. The minimum Gasteiger partial charge on any atom is -0.491 e. The zero-order valence-corrected chi connectivity index (χ0v) is 14.6. The summed E-state index contributed by atoms with van der Waals surface area (Å²) in [6.07, 6.45) is 0.176. The van der Waals surface area contributed by atoms with Crippen molar-refractivity contribution >= 4 is 31.9 Å². The molecule has 2 rings (SSSR count). The summed E-state index contributed by atoms with van der Waals surface area (Å²) in [6.45, 7) is 4.03. The highest BCUT2D eigenvalue weighted by Gasteiger charge is 2.10. The molecule has 0 bridgehead atoms. The maximum absolute atomic E-state index is 6.32. The van der Waals surface area contributed by atoms with E-state index in [2.05, 4.69) is 31.9 Å². The Morgan fingerprint density at radius 2 is 1.45 bits per heavy atom. The Balaban J connectivity index is 2.22. The third-order valence-electron chi connectivity index (χ3n) is 2.86. The van der Waals surface area contributed by atoms with Crippen molar-refractivity contribution in [1.82, 2.24) is 0 Å². The molecule has 1 atom stereocenters. The van der Waals surface area contributed by atoms with E-state index in [9.17, 15) is 0 Å². The highest BCUT2D eigenvalue weighted by Crippen LogP contribution is 2.27. The predicted octanol–water partition coefficient (Wildman–Crippen LogP) is 5.05. The molecule has 0 fully saturated rings. The van der Waals surface area contributed by atoms with Gasteiger partial charge in [-0.15, -0.1) is 0 Å². The molecule has 0 heterocycles. The van der Waals surface area contributed by atoms with E-state index in [1.54, 1.807) is 0 Å². The Bertz CT molecular complexity index is 561. The van der Waals surface area contributed by atoms with Crippen LogP contribution in [0.1, 0.15) is 31.0 Å². The van der Waals surface area contributed by atoms with Gasteiger partial charge in [-0.2, -0.15) is 0 Å². The molecule has 0 aliphatic rings. The number of rotatable bonds is 4. The molecule has 1 unspecified atom stereocenters. The molecule has 0 aromatic heterocycles. The standard InChI is InChI=1S/C16H17Br2NO/c1-10(2)20-15-5-3-11(4-6-15)16(19)12-7-13(17)9-14(18)8-12/h3-10,16H,19H2,1-2H3. The zero-order valence-electron chi connectivity index (χ0n) is 11.4. The lowest BCUT2D eigenvalue weighted by atomic mass is 10.00. The average molecular weight is 399 g/mol. The lowest BCUT2D eigenvalue weighted by Crippen LogP contribution is -2.12. The first kappa shape index (κ1) is 15.5. The molecule has 20 heavy (non-hydrogen) atoms. The van der Waals surface area contributed by atoms with E-state index in [1.165, 1.54) is 0 Å². The van der Waals surface area contributed by atoms with E-state index in [0.29, 0.717) is 0 Å².